The zero-order valence-corrected chi connectivity index (χ0v) is 12.4. The molecule has 0 bridgehead atoms. The largest absolute Gasteiger partial charge is 0.383 e. The van der Waals surface area contributed by atoms with Crippen LogP contribution in [0.25, 0.3) is 11.3 Å². The SMILES string of the molecule is CCc1nc(-c2cnn(C(C)C)c2)c(N)n1C(C)C. The Kier molecular flexibility index (Phi) is 3.64. The van der Waals surface area contributed by atoms with Crippen LogP contribution in [-0.2, 0) is 6.42 Å². The predicted molar refractivity (Wildman–Crippen MR) is 78.0 cm³/mol. The second-order valence-corrected chi connectivity index (χ2v) is 5.38. The van der Waals surface area contributed by atoms with Gasteiger partial charge in [-0.3, -0.25) is 4.68 Å². The molecular weight excluding hydrogens is 238 g/mol. The number of anilines is 1. The van der Waals surface area contributed by atoms with Crippen LogP contribution in [0.2, 0.25) is 0 Å². The van der Waals surface area contributed by atoms with E-state index in [0.29, 0.717) is 12.1 Å². The minimum atomic E-state index is 0.316. The lowest BCUT2D eigenvalue weighted by atomic mass is 10.2. The molecule has 0 fully saturated rings. The van der Waals surface area contributed by atoms with Crippen molar-refractivity contribution in [3.05, 3.63) is 18.2 Å². The van der Waals surface area contributed by atoms with Gasteiger partial charge in [0.05, 0.1) is 6.20 Å². The number of aryl methyl sites for hydroxylation is 1. The van der Waals surface area contributed by atoms with E-state index in [1.165, 1.54) is 0 Å². The van der Waals surface area contributed by atoms with Gasteiger partial charge in [-0.1, -0.05) is 6.92 Å². The summed E-state index contributed by atoms with van der Waals surface area (Å²) in [6.07, 6.45) is 4.72. The molecule has 0 amide bonds. The van der Waals surface area contributed by atoms with Crippen molar-refractivity contribution in [2.75, 3.05) is 5.73 Å². The molecule has 0 atom stereocenters. The van der Waals surface area contributed by atoms with E-state index in [-0.39, 0.29) is 0 Å². The van der Waals surface area contributed by atoms with Gasteiger partial charge in [0.15, 0.2) is 0 Å². The van der Waals surface area contributed by atoms with Crippen LogP contribution in [0.1, 0.15) is 52.5 Å². The number of rotatable bonds is 4. The first-order chi connectivity index (χ1) is 8.95. The molecule has 0 aliphatic heterocycles. The van der Waals surface area contributed by atoms with E-state index in [2.05, 4.69) is 49.3 Å². The number of nitrogens with two attached hydrogens (primary N) is 1. The molecule has 104 valence electrons. The molecule has 0 saturated carbocycles. The molecule has 0 radical (unpaired) electrons. The number of aromatic nitrogens is 4. The van der Waals surface area contributed by atoms with Gasteiger partial charge in [0.1, 0.15) is 17.3 Å². The summed E-state index contributed by atoms with van der Waals surface area (Å²) in [7, 11) is 0. The van der Waals surface area contributed by atoms with Gasteiger partial charge in [-0.05, 0) is 27.7 Å². The predicted octanol–water partition coefficient (Wildman–Crippen LogP) is 3.05. The zero-order valence-electron chi connectivity index (χ0n) is 12.4. The molecule has 0 aliphatic rings. The van der Waals surface area contributed by atoms with Crippen molar-refractivity contribution < 1.29 is 0 Å². The molecule has 2 aromatic heterocycles. The minimum absolute atomic E-state index is 0.316. The van der Waals surface area contributed by atoms with Crippen molar-refractivity contribution in [1.82, 2.24) is 19.3 Å². The van der Waals surface area contributed by atoms with Gasteiger partial charge < -0.3 is 10.3 Å². The van der Waals surface area contributed by atoms with E-state index in [0.717, 1.165) is 29.3 Å². The summed E-state index contributed by atoms with van der Waals surface area (Å²) in [5.74, 6) is 1.76. The lowest BCUT2D eigenvalue weighted by Gasteiger charge is -2.12. The molecule has 0 aromatic carbocycles. The fraction of sp³-hybridized carbons (Fsp3) is 0.571. The van der Waals surface area contributed by atoms with Crippen LogP contribution in [0.3, 0.4) is 0 Å². The van der Waals surface area contributed by atoms with E-state index < -0.39 is 0 Å². The summed E-state index contributed by atoms with van der Waals surface area (Å²) < 4.78 is 4.02. The van der Waals surface area contributed by atoms with E-state index in [4.69, 9.17) is 5.73 Å². The van der Waals surface area contributed by atoms with Gasteiger partial charge in [0.25, 0.3) is 0 Å². The molecular formula is C14H23N5. The molecule has 0 saturated heterocycles. The molecule has 0 unspecified atom stereocenters. The van der Waals surface area contributed by atoms with Gasteiger partial charge in [0.2, 0.25) is 0 Å². The average Bonchev–Trinajstić information content (AvgIpc) is 2.92. The van der Waals surface area contributed by atoms with Gasteiger partial charge in [-0.25, -0.2) is 4.98 Å². The van der Waals surface area contributed by atoms with Crippen LogP contribution in [-0.4, -0.2) is 19.3 Å². The molecule has 0 aliphatic carbocycles. The molecule has 5 nitrogen and oxygen atoms in total. The van der Waals surface area contributed by atoms with Crippen LogP contribution in [0.5, 0.6) is 0 Å². The van der Waals surface area contributed by atoms with Gasteiger partial charge >= 0.3 is 0 Å². The van der Waals surface area contributed by atoms with Crippen LogP contribution in [0.15, 0.2) is 12.4 Å². The number of hydrogen-bond acceptors (Lipinski definition) is 3. The summed E-state index contributed by atoms with van der Waals surface area (Å²) >= 11 is 0. The Balaban J connectivity index is 2.50. The Bertz CT molecular complexity index is 562. The first-order valence-corrected chi connectivity index (χ1v) is 6.86. The molecule has 2 rings (SSSR count). The summed E-state index contributed by atoms with van der Waals surface area (Å²) in [6, 6.07) is 0.657. The first kappa shape index (κ1) is 13.6. The van der Waals surface area contributed by atoms with Crippen LogP contribution < -0.4 is 5.73 Å². The van der Waals surface area contributed by atoms with Crippen molar-refractivity contribution in [2.45, 2.75) is 53.1 Å². The van der Waals surface area contributed by atoms with Crippen molar-refractivity contribution >= 4 is 5.82 Å². The van der Waals surface area contributed by atoms with E-state index in [1.54, 1.807) is 0 Å². The third-order valence-electron chi connectivity index (χ3n) is 3.26. The summed E-state index contributed by atoms with van der Waals surface area (Å²) in [5, 5.41) is 4.35. The Morgan fingerprint density at radius 2 is 1.89 bits per heavy atom. The lowest BCUT2D eigenvalue weighted by molar-refractivity contribution is 0.532. The molecule has 0 spiro atoms. The Labute approximate surface area is 114 Å². The normalized spacial score (nSPS) is 11.7. The van der Waals surface area contributed by atoms with Crippen LogP contribution >= 0.6 is 0 Å². The van der Waals surface area contributed by atoms with Crippen molar-refractivity contribution in [1.29, 1.82) is 0 Å². The van der Waals surface area contributed by atoms with Crippen molar-refractivity contribution in [2.24, 2.45) is 0 Å². The van der Waals surface area contributed by atoms with Crippen LogP contribution in [0, 0.1) is 0 Å². The summed E-state index contributed by atoms with van der Waals surface area (Å²) in [5.41, 5.74) is 8.09. The highest BCUT2D eigenvalue weighted by atomic mass is 15.3. The second kappa shape index (κ2) is 5.07. The number of nitrogen functional groups attached to an aromatic ring is 1. The van der Waals surface area contributed by atoms with E-state index >= 15 is 0 Å². The number of nitrogens with zero attached hydrogens (tertiary/aromatic N) is 4. The highest BCUT2D eigenvalue weighted by molar-refractivity contribution is 5.70. The molecule has 2 N–H and O–H groups in total. The maximum absolute atomic E-state index is 6.26. The lowest BCUT2D eigenvalue weighted by Crippen LogP contribution is -2.08. The highest BCUT2D eigenvalue weighted by Crippen LogP contribution is 2.29. The molecule has 5 heteroatoms. The minimum Gasteiger partial charge on any atom is -0.383 e. The highest BCUT2D eigenvalue weighted by Gasteiger charge is 2.18. The average molecular weight is 261 g/mol. The van der Waals surface area contributed by atoms with Gasteiger partial charge in [0, 0.05) is 30.3 Å². The second-order valence-electron chi connectivity index (χ2n) is 5.38. The third-order valence-corrected chi connectivity index (χ3v) is 3.26. The third kappa shape index (κ3) is 2.37. The standard InChI is InChI=1S/C14H23N5/c1-6-12-17-13(14(15)19(12)10(4)5)11-7-16-18(8-11)9(2)3/h7-10H,6,15H2,1-5H3. The first-order valence-electron chi connectivity index (χ1n) is 6.86. The smallest absolute Gasteiger partial charge is 0.132 e. The molecule has 19 heavy (non-hydrogen) atoms. The maximum Gasteiger partial charge on any atom is 0.132 e. The fourth-order valence-electron chi connectivity index (χ4n) is 2.27. The topological polar surface area (TPSA) is 61.7 Å². The van der Waals surface area contributed by atoms with Crippen molar-refractivity contribution in [3.8, 4) is 11.3 Å². The summed E-state index contributed by atoms with van der Waals surface area (Å²) in [4.78, 5) is 4.68. The fourth-order valence-corrected chi connectivity index (χ4v) is 2.27. The van der Waals surface area contributed by atoms with Gasteiger partial charge in [-0.15, -0.1) is 0 Å². The van der Waals surface area contributed by atoms with Crippen LogP contribution in [0.4, 0.5) is 5.82 Å². The zero-order chi connectivity index (χ0) is 14.2. The van der Waals surface area contributed by atoms with E-state index in [1.807, 2.05) is 17.1 Å². The Morgan fingerprint density at radius 1 is 1.21 bits per heavy atom. The molecule has 2 aromatic rings. The van der Waals surface area contributed by atoms with E-state index in [9.17, 15) is 0 Å². The Morgan fingerprint density at radius 3 is 2.32 bits per heavy atom. The summed E-state index contributed by atoms with van der Waals surface area (Å²) in [6.45, 7) is 10.5. The Hall–Kier alpha value is -1.78. The quantitative estimate of drug-likeness (QED) is 0.920. The van der Waals surface area contributed by atoms with Crippen molar-refractivity contribution in [3.63, 3.8) is 0 Å². The maximum atomic E-state index is 6.26. The molecule has 2 heterocycles. The monoisotopic (exact) mass is 261 g/mol. The number of hydrogen-bond donors (Lipinski definition) is 1. The van der Waals surface area contributed by atoms with Gasteiger partial charge in [-0.2, -0.15) is 5.10 Å². The number of imidazole rings is 1.